The van der Waals surface area contributed by atoms with Crippen molar-refractivity contribution in [1.29, 1.82) is 5.26 Å². The molecule has 0 saturated carbocycles. The Morgan fingerprint density at radius 1 is 0.667 bits per heavy atom. The maximum atomic E-state index is 12.5. The van der Waals surface area contributed by atoms with Crippen molar-refractivity contribution in [2.24, 2.45) is 0 Å². The van der Waals surface area contributed by atoms with Crippen LogP contribution in [0.5, 0.6) is 0 Å². The molecule has 48 heavy (non-hydrogen) atoms. The molecule has 6 heterocycles. The normalized spacial score (nSPS) is 10.5. The van der Waals surface area contributed by atoms with Crippen molar-refractivity contribution >= 4 is 11.9 Å². The number of halogens is 3. The Hall–Kier alpha value is -6.20. The van der Waals surface area contributed by atoms with E-state index in [1.54, 1.807) is 54.7 Å². The number of carbonyl (C=O) groups is 2. The van der Waals surface area contributed by atoms with Crippen molar-refractivity contribution in [2.75, 3.05) is 0 Å². The van der Waals surface area contributed by atoms with Crippen LogP contribution in [0.4, 0.5) is 13.2 Å². The van der Waals surface area contributed by atoms with E-state index in [4.69, 9.17) is 10.4 Å². The molecular formula is C32H18F3N8O4Ru. The van der Waals surface area contributed by atoms with Crippen molar-refractivity contribution in [3.05, 3.63) is 120 Å². The van der Waals surface area contributed by atoms with Crippen LogP contribution in [0.3, 0.4) is 0 Å². The van der Waals surface area contributed by atoms with E-state index in [0.717, 1.165) is 6.07 Å². The molecule has 0 saturated heterocycles. The third-order valence-electron chi connectivity index (χ3n) is 6.24. The van der Waals surface area contributed by atoms with E-state index in [2.05, 4.69) is 35.1 Å². The topological polar surface area (TPSA) is 190 Å². The van der Waals surface area contributed by atoms with Crippen LogP contribution in [0.2, 0.25) is 0 Å². The van der Waals surface area contributed by atoms with E-state index in [1.807, 2.05) is 6.07 Å². The monoisotopic (exact) mass is 737 g/mol. The van der Waals surface area contributed by atoms with Gasteiger partial charge in [-0.25, -0.2) is 24.5 Å². The van der Waals surface area contributed by atoms with Gasteiger partial charge in [0.2, 0.25) is 0 Å². The van der Waals surface area contributed by atoms with Crippen molar-refractivity contribution in [3.63, 3.8) is 0 Å². The second-order valence-electron chi connectivity index (χ2n) is 9.42. The number of nitrogens with zero attached hydrogens (tertiary/aromatic N) is 8. The zero-order valence-electron chi connectivity index (χ0n) is 24.0. The van der Waals surface area contributed by atoms with Crippen molar-refractivity contribution < 1.29 is 52.5 Å². The van der Waals surface area contributed by atoms with Crippen LogP contribution < -0.4 is 5.10 Å². The Labute approximate surface area is 281 Å². The molecule has 1 radical (unpaired) electrons. The number of aromatic carboxylic acids is 2. The van der Waals surface area contributed by atoms with Gasteiger partial charge in [0.25, 0.3) is 0 Å². The molecule has 6 aromatic rings. The van der Waals surface area contributed by atoms with E-state index in [1.165, 1.54) is 36.5 Å². The molecule has 0 aromatic carbocycles. The summed E-state index contributed by atoms with van der Waals surface area (Å²) in [6.45, 7) is 0. The van der Waals surface area contributed by atoms with Crippen molar-refractivity contribution in [1.82, 2.24) is 35.1 Å². The number of carboxylic acids is 2. The summed E-state index contributed by atoms with van der Waals surface area (Å²) in [4.78, 5) is 43.5. The number of hydrogen-bond acceptors (Lipinski definition) is 9. The smallest absolute Gasteiger partial charge is 0.573 e. The minimum Gasteiger partial charge on any atom is -0.573 e. The fourth-order valence-electron chi connectivity index (χ4n) is 4.05. The maximum absolute atomic E-state index is 12.5. The van der Waals surface area contributed by atoms with Gasteiger partial charge in [-0.3, -0.25) is 9.97 Å². The van der Waals surface area contributed by atoms with Gasteiger partial charge < -0.3 is 20.4 Å². The second kappa shape index (κ2) is 14.9. The number of pyridine rings is 5. The summed E-state index contributed by atoms with van der Waals surface area (Å²) in [5.41, 5.74) is 1.64. The standard InChI is InChI=1S/C18H10N4O4.C14H8F3N4.Ru/c19-9-12-2-1-3-13(21-12)15-7-11(18(25)26)8-16(22-15)14-6-10(17(23)24)4-5-20-14;15-14(16,17)13-8-12(20-21-13)11-6-3-5-10(19-11)9-4-1-2-7-18-9;/h1-8H,(H,23,24)(H,25,26);1-8H;/q;-1;+1. The minimum absolute atomic E-state index is 0. The van der Waals surface area contributed by atoms with E-state index in [9.17, 15) is 27.9 Å². The van der Waals surface area contributed by atoms with E-state index < -0.39 is 23.8 Å². The Bertz CT molecular complexity index is 2140. The first-order valence-corrected chi connectivity index (χ1v) is 13.3. The van der Waals surface area contributed by atoms with Crippen LogP contribution >= 0.6 is 0 Å². The summed E-state index contributed by atoms with van der Waals surface area (Å²) < 4.78 is 37.6. The summed E-state index contributed by atoms with van der Waals surface area (Å²) in [6, 6.07) is 23.1. The van der Waals surface area contributed by atoms with E-state index in [-0.39, 0.29) is 59.1 Å². The van der Waals surface area contributed by atoms with Crippen molar-refractivity contribution in [2.45, 2.75) is 6.18 Å². The predicted molar refractivity (Wildman–Crippen MR) is 158 cm³/mol. The Kier molecular flexibility index (Phi) is 10.8. The summed E-state index contributed by atoms with van der Waals surface area (Å²) in [5.74, 6) is -2.31. The van der Waals surface area contributed by atoms with Crippen LogP contribution in [0.1, 0.15) is 32.1 Å². The van der Waals surface area contributed by atoms with Gasteiger partial charge in [0.05, 0.1) is 51.0 Å². The van der Waals surface area contributed by atoms with Gasteiger partial charge in [0.15, 0.2) is 0 Å². The quantitative estimate of drug-likeness (QED) is 0.200. The van der Waals surface area contributed by atoms with Crippen LogP contribution in [-0.4, -0.2) is 52.2 Å². The van der Waals surface area contributed by atoms with E-state index >= 15 is 0 Å². The maximum Gasteiger partial charge on any atom is 1.00 e. The van der Waals surface area contributed by atoms with Gasteiger partial charge in [-0.15, -0.1) is 0 Å². The molecule has 0 bridgehead atoms. The molecule has 2 N–H and O–H groups in total. The van der Waals surface area contributed by atoms with Gasteiger partial charge in [0.1, 0.15) is 17.5 Å². The first kappa shape index (κ1) is 34.7. The molecule has 0 fully saturated rings. The zero-order valence-corrected chi connectivity index (χ0v) is 25.8. The second-order valence-corrected chi connectivity index (χ2v) is 9.42. The molecule has 6 aromatic heterocycles. The van der Waals surface area contributed by atoms with Crippen LogP contribution in [-0.2, 0) is 25.7 Å². The SMILES string of the molecule is FC(F)(F)c1cc(-c2cccc(-c3ccccn3)n2)[n-]n1.N#Cc1cccc(-c2cc(C(=O)O)cc(-c3cc(C(=O)O)ccn3)n2)n1.[Ru+]. The molecule has 0 aliphatic heterocycles. The summed E-state index contributed by atoms with van der Waals surface area (Å²) >= 11 is 0. The number of aromatic nitrogens is 7. The average Bonchev–Trinajstić information content (AvgIpc) is 3.61. The molecule has 16 heteroatoms. The Balaban J connectivity index is 0.000000217. The first-order chi connectivity index (χ1) is 22.5. The Morgan fingerprint density at radius 3 is 1.88 bits per heavy atom. The molecule has 0 amide bonds. The largest absolute Gasteiger partial charge is 1.00 e. The third-order valence-corrected chi connectivity index (χ3v) is 6.24. The summed E-state index contributed by atoms with van der Waals surface area (Å²) in [5, 5.41) is 34.1. The zero-order chi connectivity index (χ0) is 33.6. The van der Waals surface area contributed by atoms with Gasteiger partial charge in [0, 0.05) is 12.4 Å². The summed E-state index contributed by atoms with van der Waals surface area (Å²) in [6.07, 6.45) is -1.58. The number of alkyl halides is 3. The van der Waals surface area contributed by atoms with Gasteiger partial charge in [-0.05, 0) is 66.7 Å². The molecule has 239 valence electrons. The predicted octanol–water partition coefficient (Wildman–Crippen LogP) is 5.65. The first-order valence-electron chi connectivity index (χ1n) is 13.3. The molecule has 0 spiro atoms. The fraction of sp³-hybridized carbons (Fsp3) is 0.0312. The average molecular weight is 737 g/mol. The molecule has 0 atom stereocenters. The van der Waals surface area contributed by atoms with E-state index in [0.29, 0.717) is 22.8 Å². The number of carboxylic acid groups (broad SMARTS) is 2. The van der Waals surface area contributed by atoms with Crippen LogP contribution in [0.15, 0.2) is 97.3 Å². The van der Waals surface area contributed by atoms with Gasteiger partial charge in [-0.2, -0.15) is 18.4 Å². The molecule has 0 unspecified atom stereocenters. The minimum atomic E-state index is -4.51. The Morgan fingerprint density at radius 2 is 1.25 bits per heavy atom. The van der Waals surface area contributed by atoms with Gasteiger partial charge in [-0.1, -0.05) is 23.9 Å². The fourth-order valence-corrected chi connectivity index (χ4v) is 4.05. The third kappa shape index (κ3) is 8.33. The molecule has 0 aliphatic carbocycles. The molecule has 6 rings (SSSR count). The number of nitriles is 1. The summed E-state index contributed by atoms with van der Waals surface area (Å²) in [7, 11) is 0. The number of hydrogen-bond donors (Lipinski definition) is 2. The van der Waals surface area contributed by atoms with Gasteiger partial charge >= 0.3 is 37.6 Å². The molecular weight excluding hydrogens is 718 g/mol. The van der Waals surface area contributed by atoms with Crippen LogP contribution in [0.25, 0.3) is 45.6 Å². The van der Waals surface area contributed by atoms with Crippen LogP contribution in [0, 0.1) is 11.3 Å². The van der Waals surface area contributed by atoms with Crippen molar-refractivity contribution in [3.8, 4) is 51.6 Å². The number of rotatable bonds is 6. The molecule has 12 nitrogen and oxygen atoms in total. The molecule has 0 aliphatic rings.